The van der Waals surface area contributed by atoms with Gasteiger partial charge in [-0.1, -0.05) is 13.0 Å². The second-order valence-corrected chi connectivity index (χ2v) is 7.14. The molecule has 1 aromatic carbocycles. The van der Waals surface area contributed by atoms with Crippen LogP contribution in [-0.2, 0) is 13.2 Å². The van der Waals surface area contributed by atoms with Crippen LogP contribution in [0.3, 0.4) is 0 Å². The Morgan fingerprint density at radius 3 is 2.78 bits per heavy atom. The van der Waals surface area contributed by atoms with Crippen LogP contribution in [0.1, 0.15) is 41.3 Å². The molecule has 3 rings (SSSR count). The van der Waals surface area contributed by atoms with Crippen molar-refractivity contribution in [3.63, 3.8) is 0 Å². The van der Waals surface area contributed by atoms with Crippen molar-refractivity contribution in [2.75, 3.05) is 7.11 Å². The van der Waals surface area contributed by atoms with E-state index in [0.29, 0.717) is 13.2 Å². The highest BCUT2D eigenvalue weighted by Gasteiger charge is 2.14. The summed E-state index contributed by atoms with van der Waals surface area (Å²) in [7, 11) is 1.67. The number of thiazole rings is 1. The van der Waals surface area contributed by atoms with E-state index in [0.717, 1.165) is 39.9 Å². The van der Waals surface area contributed by atoms with Crippen molar-refractivity contribution in [1.82, 2.24) is 15.3 Å². The highest BCUT2D eigenvalue weighted by molar-refractivity contribution is 7.09. The minimum atomic E-state index is 0.221. The molecule has 3 aromatic rings. The second-order valence-electron chi connectivity index (χ2n) is 6.25. The smallest absolute Gasteiger partial charge is 0.130 e. The van der Waals surface area contributed by atoms with Crippen LogP contribution >= 0.6 is 11.3 Å². The van der Waals surface area contributed by atoms with Crippen LogP contribution in [0.25, 0.3) is 0 Å². The largest absolute Gasteiger partial charge is 0.497 e. The number of pyridine rings is 1. The quantitative estimate of drug-likeness (QED) is 0.582. The fraction of sp³-hybridized carbons (Fsp3) is 0.333. The Kier molecular flexibility index (Phi) is 6.79. The maximum Gasteiger partial charge on any atom is 0.130 e. The van der Waals surface area contributed by atoms with Gasteiger partial charge in [-0.15, -0.1) is 11.3 Å². The molecule has 2 heterocycles. The third-order valence-electron chi connectivity index (χ3n) is 4.25. The monoisotopic (exact) mass is 383 g/mol. The molecular weight excluding hydrogens is 358 g/mol. The zero-order valence-electron chi connectivity index (χ0n) is 15.9. The van der Waals surface area contributed by atoms with Crippen molar-refractivity contribution in [2.45, 2.75) is 39.5 Å². The van der Waals surface area contributed by atoms with Crippen molar-refractivity contribution in [3.8, 4) is 11.5 Å². The lowest BCUT2D eigenvalue weighted by molar-refractivity contribution is 0.296. The van der Waals surface area contributed by atoms with E-state index < -0.39 is 0 Å². The van der Waals surface area contributed by atoms with Crippen LogP contribution < -0.4 is 14.8 Å². The van der Waals surface area contributed by atoms with Gasteiger partial charge in [-0.2, -0.15) is 0 Å². The molecule has 1 unspecified atom stereocenters. The van der Waals surface area contributed by atoms with Crippen molar-refractivity contribution >= 4 is 11.3 Å². The van der Waals surface area contributed by atoms with E-state index in [9.17, 15) is 0 Å². The average molecular weight is 384 g/mol. The Balaban J connectivity index is 1.72. The summed E-state index contributed by atoms with van der Waals surface area (Å²) in [5.74, 6) is 1.65. The molecule has 0 bridgehead atoms. The van der Waals surface area contributed by atoms with E-state index in [1.165, 1.54) is 0 Å². The van der Waals surface area contributed by atoms with Crippen molar-refractivity contribution < 1.29 is 9.47 Å². The number of hydrogen-bond acceptors (Lipinski definition) is 6. The van der Waals surface area contributed by atoms with E-state index in [4.69, 9.17) is 9.47 Å². The Bertz CT molecular complexity index is 852. The highest BCUT2D eigenvalue weighted by Crippen LogP contribution is 2.27. The highest BCUT2D eigenvalue weighted by atomic mass is 32.1. The fourth-order valence-electron chi connectivity index (χ4n) is 2.77. The normalized spacial score (nSPS) is 12.0. The second kappa shape index (κ2) is 9.48. The molecule has 5 nitrogen and oxygen atoms in total. The number of benzene rings is 1. The van der Waals surface area contributed by atoms with Gasteiger partial charge in [0.2, 0.25) is 0 Å². The van der Waals surface area contributed by atoms with Crippen LogP contribution in [0.4, 0.5) is 0 Å². The molecular formula is C21H25N3O2S. The third kappa shape index (κ3) is 5.28. The molecule has 0 radical (unpaired) electrons. The molecule has 0 aliphatic rings. The molecule has 27 heavy (non-hydrogen) atoms. The fourth-order valence-corrected chi connectivity index (χ4v) is 3.72. The van der Waals surface area contributed by atoms with E-state index in [1.807, 2.05) is 43.3 Å². The minimum absolute atomic E-state index is 0.221. The lowest BCUT2D eigenvalue weighted by atomic mass is 10.1. The number of methoxy groups -OCH3 is 1. The minimum Gasteiger partial charge on any atom is -0.497 e. The van der Waals surface area contributed by atoms with Crippen LogP contribution in [0, 0.1) is 6.92 Å². The molecule has 0 saturated carbocycles. The first-order chi connectivity index (χ1) is 13.2. The van der Waals surface area contributed by atoms with Crippen molar-refractivity contribution in [3.05, 3.63) is 69.9 Å². The van der Waals surface area contributed by atoms with E-state index >= 15 is 0 Å². The lowest BCUT2D eigenvalue weighted by Gasteiger charge is -2.17. The summed E-state index contributed by atoms with van der Waals surface area (Å²) < 4.78 is 11.4. The van der Waals surface area contributed by atoms with Crippen LogP contribution in [0.5, 0.6) is 11.5 Å². The Morgan fingerprint density at radius 1 is 1.22 bits per heavy atom. The molecule has 0 aliphatic carbocycles. The number of nitrogens with zero attached hydrogens (tertiary/aromatic N) is 2. The van der Waals surface area contributed by atoms with Crippen molar-refractivity contribution in [1.29, 1.82) is 0 Å². The average Bonchev–Trinajstić information content (AvgIpc) is 3.14. The van der Waals surface area contributed by atoms with Gasteiger partial charge in [-0.25, -0.2) is 4.98 Å². The van der Waals surface area contributed by atoms with Gasteiger partial charge < -0.3 is 14.8 Å². The molecule has 2 aromatic heterocycles. The van der Waals surface area contributed by atoms with Crippen LogP contribution in [0.2, 0.25) is 0 Å². The predicted octanol–water partition coefficient (Wildman–Crippen LogP) is 4.68. The molecule has 0 aliphatic heterocycles. The van der Waals surface area contributed by atoms with Gasteiger partial charge in [0.15, 0.2) is 0 Å². The standard InChI is InChI=1S/C21H25N3O2S/c1-4-19(21-24-15(2)14-27-21)23-12-16-11-18(25-3)8-9-20(16)26-13-17-7-5-6-10-22-17/h5-11,14,19,23H,4,12-13H2,1-3H3. The zero-order chi connectivity index (χ0) is 19.1. The first kappa shape index (κ1) is 19.3. The molecule has 0 spiro atoms. The molecule has 6 heteroatoms. The lowest BCUT2D eigenvalue weighted by Crippen LogP contribution is -2.20. The van der Waals surface area contributed by atoms with E-state index in [1.54, 1.807) is 24.6 Å². The Labute approximate surface area is 164 Å². The number of ether oxygens (including phenoxy) is 2. The van der Waals surface area contributed by atoms with E-state index in [-0.39, 0.29) is 6.04 Å². The Hall–Kier alpha value is -2.44. The van der Waals surface area contributed by atoms with Gasteiger partial charge >= 0.3 is 0 Å². The number of aromatic nitrogens is 2. The van der Waals surface area contributed by atoms with Crippen LogP contribution in [-0.4, -0.2) is 17.1 Å². The maximum atomic E-state index is 6.03. The summed E-state index contributed by atoms with van der Waals surface area (Å²) in [4.78, 5) is 8.93. The first-order valence-corrected chi connectivity index (χ1v) is 9.92. The molecule has 1 N–H and O–H groups in total. The van der Waals surface area contributed by atoms with Gasteiger partial charge in [-0.05, 0) is 43.7 Å². The van der Waals surface area contributed by atoms with E-state index in [2.05, 4.69) is 27.6 Å². The number of hydrogen-bond donors (Lipinski definition) is 1. The molecule has 142 valence electrons. The summed E-state index contributed by atoms with van der Waals surface area (Å²) in [6, 6.07) is 11.9. The maximum absolute atomic E-state index is 6.03. The van der Waals surface area contributed by atoms with Crippen molar-refractivity contribution in [2.24, 2.45) is 0 Å². The van der Waals surface area contributed by atoms with Gasteiger partial charge in [0.25, 0.3) is 0 Å². The third-order valence-corrected chi connectivity index (χ3v) is 5.33. The SMILES string of the molecule is CCC(NCc1cc(OC)ccc1OCc1ccccn1)c1nc(C)cs1. The molecule has 0 fully saturated rings. The van der Waals surface area contributed by atoms with Gasteiger partial charge in [0, 0.05) is 29.4 Å². The summed E-state index contributed by atoms with van der Waals surface area (Å²) in [6.07, 6.45) is 2.75. The van der Waals surface area contributed by atoms with Gasteiger partial charge in [0.1, 0.15) is 23.1 Å². The first-order valence-electron chi connectivity index (χ1n) is 9.04. The summed E-state index contributed by atoms with van der Waals surface area (Å²) in [6.45, 7) is 5.30. The molecule has 0 amide bonds. The number of rotatable bonds is 9. The number of aryl methyl sites for hydroxylation is 1. The number of nitrogens with one attached hydrogen (secondary N) is 1. The van der Waals surface area contributed by atoms with Crippen LogP contribution in [0.15, 0.2) is 48.0 Å². The summed E-state index contributed by atoms with van der Waals surface area (Å²) >= 11 is 1.70. The zero-order valence-corrected chi connectivity index (χ0v) is 16.8. The molecule has 1 atom stereocenters. The summed E-state index contributed by atoms with van der Waals surface area (Å²) in [5.41, 5.74) is 3.02. The summed E-state index contributed by atoms with van der Waals surface area (Å²) in [5, 5.41) is 6.81. The van der Waals surface area contributed by atoms with Gasteiger partial charge in [0.05, 0.1) is 18.8 Å². The molecule has 0 saturated heterocycles. The van der Waals surface area contributed by atoms with Gasteiger partial charge in [-0.3, -0.25) is 4.98 Å². The topological polar surface area (TPSA) is 56.3 Å². The predicted molar refractivity (Wildman–Crippen MR) is 108 cm³/mol. The Morgan fingerprint density at radius 2 is 2.11 bits per heavy atom.